The molecule has 0 atom stereocenters. The summed E-state index contributed by atoms with van der Waals surface area (Å²) in [6.45, 7) is 1.11. The van der Waals surface area contributed by atoms with Crippen LogP contribution in [-0.2, 0) is 17.8 Å². The Morgan fingerprint density at radius 3 is 2.63 bits per heavy atom. The van der Waals surface area contributed by atoms with Crippen LogP contribution in [-0.4, -0.2) is 29.7 Å². The van der Waals surface area contributed by atoms with Gasteiger partial charge in [0.05, 0.1) is 0 Å². The molecule has 1 aliphatic rings. The van der Waals surface area contributed by atoms with E-state index >= 15 is 0 Å². The molecule has 0 aliphatic heterocycles. The van der Waals surface area contributed by atoms with Crippen molar-refractivity contribution in [2.45, 2.75) is 44.2 Å². The zero-order valence-electron chi connectivity index (χ0n) is 15.4. The summed E-state index contributed by atoms with van der Waals surface area (Å²) < 4.78 is 18.8. The minimum atomic E-state index is -0.143. The molecule has 1 heterocycles. The molecule has 0 spiro atoms. The average Bonchev–Trinajstić information content (AvgIpc) is 2.57. The lowest BCUT2D eigenvalue weighted by Gasteiger charge is -2.32. The fourth-order valence-electron chi connectivity index (χ4n) is 3.11. The molecule has 5 nitrogen and oxygen atoms in total. The molecule has 3 rings (SSSR count). The fourth-order valence-corrected chi connectivity index (χ4v) is 3.11. The predicted molar refractivity (Wildman–Crippen MR) is 110 cm³/mol. The zero-order valence-corrected chi connectivity index (χ0v) is 17.0. The Labute approximate surface area is 172 Å². The summed E-state index contributed by atoms with van der Waals surface area (Å²) in [5.41, 5.74) is 7.67. The number of benzene rings is 1. The van der Waals surface area contributed by atoms with Crippen molar-refractivity contribution in [3.63, 3.8) is 0 Å². The monoisotopic (exact) mass is 416 g/mol. The number of nitrogens with two attached hydrogens (primary N) is 1. The lowest BCUT2D eigenvalue weighted by atomic mass is 9.78. The second-order valence-electron chi connectivity index (χ2n) is 6.58. The number of ether oxygens (including phenoxy) is 1. The van der Waals surface area contributed by atoms with E-state index in [0.717, 1.165) is 42.9 Å². The third-order valence-corrected chi connectivity index (χ3v) is 4.55. The zero-order chi connectivity index (χ0) is 17.6. The van der Waals surface area contributed by atoms with Gasteiger partial charge >= 0.3 is 0 Å². The Kier molecular flexibility index (Phi) is 9.94. The summed E-state index contributed by atoms with van der Waals surface area (Å²) in [4.78, 5) is 9.08. The number of rotatable bonds is 8. The third kappa shape index (κ3) is 6.57. The number of anilines is 1. The largest absolute Gasteiger partial charge is 0.377 e. The van der Waals surface area contributed by atoms with Crippen LogP contribution in [0.5, 0.6) is 0 Å². The Balaban J connectivity index is 0.00000182. The maximum Gasteiger partial charge on any atom is 0.156 e. The highest BCUT2D eigenvalue weighted by molar-refractivity contribution is 5.85. The molecule has 1 fully saturated rings. The van der Waals surface area contributed by atoms with Gasteiger partial charge in [0.25, 0.3) is 0 Å². The SMILES string of the molecule is COCc1nc(NCCCc2ccccc2F)cc(C2CC(N)C2)n1.Cl.Cl. The van der Waals surface area contributed by atoms with Crippen LogP contribution in [0, 0.1) is 5.82 Å². The van der Waals surface area contributed by atoms with E-state index < -0.39 is 0 Å². The first kappa shape index (κ1) is 23.6. The highest BCUT2D eigenvalue weighted by atomic mass is 35.5. The standard InChI is InChI=1S/C19H25FN4O.2ClH/c1-25-12-19-23-17(14-9-15(21)10-14)11-18(24-19)22-8-4-6-13-5-2-3-7-16(13)20;;/h2-3,5,7,11,14-15H,4,6,8-10,12,21H2,1H3,(H,22,23,24);2*1H. The van der Waals surface area contributed by atoms with Crippen LogP contribution in [0.1, 0.15) is 42.3 Å². The number of aryl methyl sites for hydroxylation is 1. The van der Waals surface area contributed by atoms with Crippen molar-refractivity contribution >= 4 is 30.6 Å². The van der Waals surface area contributed by atoms with Gasteiger partial charge in [-0.1, -0.05) is 18.2 Å². The van der Waals surface area contributed by atoms with Crippen molar-refractivity contribution in [1.82, 2.24) is 9.97 Å². The second-order valence-corrected chi connectivity index (χ2v) is 6.58. The average molecular weight is 417 g/mol. The van der Waals surface area contributed by atoms with Crippen LogP contribution in [0.15, 0.2) is 30.3 Å². The third-order valence-electron chi connectivity index (χ3n) is 4.55. The van der Waals surface area contributed by atoms with Gasteiger partial charge < -0.3 is 15.8 Å². The van der Waals surface area contributed by atoms with Gasteiger partial charge in [-0.2, -0.15) is 0 Å². The molecule has 2 aromatic rings. The Morgan fingerprint density at radius 2 is 1.96 bits per heavy atom. The summed E-state index contributed by atoms with van der Waals surface area (Å²) >= 11 is 0. The minimum Gasteiger partial charge on any atom is -0.377 e. The summed E-state index contributed by atoms with van der Waals surface area (Å²) in [6.07, 6.45) is 3.46. The van der Waals surface area contributed by atoms with Crippen molar-refractivity contribution in [3.05, 3.63) is 53.2 Å². The van der Waals surface area contributed by atoms with E-state index in [1.54, 1.807) is 13.2 Å². The molecule has 8 heteroatoms. The van der Waals surface area contributed by atoms with Gasteiger partial charge in [0.15, 0.2) is 5.82 Å². The van der Waals surface area contributed by atoms with Gasteiger partial charge in [-0.15, -0.1) is 24.8 Å². The van der Waals surface area contributed by atoms with Crippen molar-refractivity contribution in [3.8, 4) is 0 Å². The molecule has 0 unspecified atom stereocenters. The van der Waals surface area contributed by atoms with Crippen LogP contribution in [0.2, 0.25) is 0 Å². The topological polar surface area (TPSA) is 73.1 Å². The number of hydrogen-bond donors (Lipinski definition) is 2. The Morgan fingerprint density at radius 1 is 1.22 bits per heavy atom. The van der Waals surface area contributed by atoms with Crippen LogP contribution in [0.25, 0.3) is 0 Å². The molecule has 1 aromatic carbocycles. The molecule has 1 aromatic heterocycles. The van der Waals surface area contributed by atoms with Gasteiger partial charge in [0.2, 0.25) is 0 Å². The summed E-state index contributed by atoms with van der Waals surface area (Å²) in [5, 5.41) is 3.33. The molecule has 1 aliphatic carbocycles. The van der Waals surface area contributed by atoms with Gasteiger partial charge in [0.1, 0.15) is 18.2 Å². The van der Waals surface area contributed by atoms with Crippen molar-refractivity contribution in [2.24, 2.45) is 5.73 Å². The molecule has 1 saturated carbocycles. The van der Waals surface area contributed by atoms with Crippen molar-refractivity contribution in [2.75, 3.05) is 19.0 Å². The highest BCUT2D eigenvalue weighted by Gasteiger charge is 2.29. The van der Waals surface area contributed by atoms with Crippen molar-refractivity contribution in [1.29, 1.82) is 0 Å². The number of aromatic nitrogens is 2. The maximum absolute atomic E-state index is 13.6. The lowest BCUT2D eigenvalue weighted by Crippen LogP contribution is -2.35. The molecule has 27 heavy (non-hydrogen) atoms. The van der Waals surface area contributed by atoms with Gasteiger partial charge in [-0.25, -0.2) is 14.4 Å². The number of nitrogens with one attached hydrogen (secondary N) is 1. The minimum absolute atomic E-state index is 0. The smallest absolute Gasteiger partial charge is 0.156 e. The van der Waals surface area contributed by atoms with Crippen molar-refractivity contribution < 1.29 is 9.13 Å². The van der Waals surface area contributed by atoms with E-state index in [1.165, 1.54) is 6.07 Å². The van der Waals surface area contributed by atoms with E-state index in [0.29, 0.717) is 24.8 Å². The van der Waals surface area contributed by atoms with Gasteiger partial charge in [0, 0.05) is 37.4 Å². The molecule has 150 valence electrons. The van der Waals surface area contributed by atoms with E-state index in [9.17, 15) is 4.39 Å². The molecule has 0 amide bonds. The summed E-state index contributed by atoms with van der Waals surface area (Å²) in [6, 6.07) is 9.18. The molecule has 3 N–H and O–H groups in total. The van der Waals surface area contributed by atoms with Crippen LogP contribution < -0.4 is 11.1 Å². The maximum atomic E-state index is 13.6. The van der Waals surface area contributed by atoms with Crippen LogP contribution in [0.3, 0.4) is 0 Å². The number of nitrogens with zero attached hydrogens (tertiary/aromatic N) is 2. The first-order chi connectivity index (χ1) is 12.2. The number of hydrogen-bond acceptors (Lipinski definition) is 5. The van der Waals surface area contributed by atoms with E-state index in [-0.39, 0.29) is 36.7 Å². The Bertz CT molecular complexity index is 714. The summed E-state index contributed by atoms with van der Waals surface area (Å²) in [7, 11) is 1.64. The Hall–Kier alpha value is -1.47. The fraction of sp³-hybridized carbons (Fsp3) is 0.474. The molecule has 0 radical (unpaired) electrons. The van der Waals surface area contributed by atoms with E-state index in [4.69, 9.17) is 10.5 Å². The van der Waals surface area contributed by atoms with Gasteiger partial charge in [-0.05, 0) is 37.3 Å². The molecule has 0 bridgehead atoms. The quantitative estimate of drug-likeness (QED) is 0.639. The number of halogens is 3. The van der Waals surface area contributed by atoms with E-state index in [2.05, 4.69) is 15.3 Å². The van der Waals surface area contributed by atoms with E-state index in [1.807, 2.05) is 18.2 Å². The summed E-state index contributed by atoms with van der Waals surface area (Å²) in [5.74, 6) is 1.74. The van der Waals surface area contributed by atoms with Gasteiger partial charge in [-0.3, -0.25) is 0 Å². The highest BCUT2D eigenvalue weighted by Crippen LogP contribution is 2.35. The lowest BCUT2D eigenvalue weighted by molar-refractivity contribution is 0.177. The van der Waals surface area contributed by atoms with Crippen LogP contribution in [0.4, 0.5) is 10.2 Å². The molecule has 0 saturated heterocycles. The molecular weight excluding hydrogens is 390 g/mol. The van der Waals surface area contributed by atoms with Crippen LogP contribution >= 0.6 is 24.8 Å². The molecular formula is C19H27Cl2FN4O. The second kappa shape index (κ2) is 11.4. The first-order valence-electron chi connectivity index (χ1n) is 8.75. The normalized spacial score (nSPS) is 18.0. The number of methoxy groups -OCH3 is 1. The predicted octanol–water partition coefficient (Wildman–Crippen LogP) is 3.86. The first-order valence-corrected chi connectivity index (χ1v) is 8.75.